The lowest BCUT2D eigenvalue weighted by Gasteiger charge is -2.01. The smallest absolute Gasteiger partial charge is 0.321 e. The first-order valence-corrected chi connectivity index (χ1v) is 3.90. The Bertz CT molecular complexity index is 250. The lowest BCUT2D eigenvalue weighted by Crippen LogP contribution is -2.04. The van der Waals surface area contributed by atoms with Crippen LogP contribution in [0.2, 0.25) is 0 Å². The Balaban J connectivity index is 2.85. The lowest BCUT2D eigenvalue weighted by molar-refractivity contribution is -0.136. The first-order chi connectivity index (χ1) is 5.22. The number of carbonyl (C=O) groups is 1. The third-order valence-corrected chi connectivity index (χ3v) is 2.11. The van der Waals surface area contributed by atoms with Gasteiger partial charge in [0.05, 0.1) is 0 Å². The molecule has 0 amide bonds. The second-order valence-electron chi connectivity index (χ2n) is 1.99. The average molecular weight is 216 g/mol. The number of aromatic nitrogens is 1. The van der Waals surface area contributed by atoms with Gasteiger partial charge in [0.2, 0.25) is 0 Å². The highest BCUT2D eigenvalue weighted by Gasteiger charge is 2.14. The van der Waals surface area contributed by atoms with E-state index in [1.165, 1.54) is 6.20 Å². The SMILES string of the molecule is O=C(O)[C@H](Br)c1cccnc1. The highest BCUT2D eigenvalue weighted by Crippen LogP contribution is 2.20. The van der Waals surface area contributed by atoms with Gasteiger partial charge in [-0.3, -0.25) is 9.78 Å². The lowest BCUT2D eigenvalue weighted by atomic mass is 10.2. The molecule has 1 rings (SSSR count). The summed E-state index contributed by atoms with van der Waals surface area (Å²) in [4.78, 5) is 13.6. The van der Waals surface area contributed by atoms with Crippen LogP contribution in [-0.4, -0.2) is 16.1 Å². The van der Waals surface area contributed by atoms with Gasteiger partial charge in [-0.2, -0.15) is 0 Å². The summed E-state index contributed by atoms with van der Waals surface area (Å²) in [5, 5.41) is 8.56. The molecule has 0 fully saturated rings. The molecule has 11 heavy (non-hydrogen) atoms. The van der Waals surface area contributed by atoms with Crippen LogP contribution in [0.4, 0.5) is 0 Å². The van der Waals surface area contributed by atoms with Gasteiger partial charge in [0.1, 0.15) is 4.83 Å². The molecule has 0 aliphatic carbocycles. The number of carboxylic acid groups (broad SMARTS) is 1. The number of hydrogen-bond acceptors (Lipinski definition) is 2. The second-order valence-corrected chi connectivity index (χ2v) is 2.90. The van der Waals surface area contributed by atoms with Crippen molar-refractivity contribution in [2.45, 2.75) is 4.83 Å². The van der Waals surface area contributed by atoms with E-state index in [9.17, 15) is 4.79 Å². The third-order valence-electron chi connectivity index (χ3n) is 1.19. The Labute approximate surface area is 72.2 Å². The summed E-state index contributed by atoms with van der Waals surface area (Å²) in [6.07, 6.45) is 3.12. The van der Waals surface area contributed by atoms with Crippen LogP contribution in [0.15, 0.2) is 24.5 Å². The third kappa shape index (κ3) is 2.01. The van der Waals surface area contributed by atoms with E-state index in [0.717, 1.165) is 0 Å². The average Bonchev–Trinajstić information content (AvgIpc) is 2.05. The van der Waals surface area contributed by atoms with Crippen LogP contribution in [0.3, 0.4) is 0 Å². The maximum absolute atomic E-state index is 10.4. The Morgan fingerprint density at radius 2 is 2.45 bits per heavy atom. The van der Waals surface area contributed by atoms with Crippen molar-refractivity contribution in [1.29, 1.82) is 0 Å². The van der Waals surface area contributed by atoms with Gasteiger partial charge in [-0.25, -0.2) is 0 Å². The van der Waals surface area contributed by atoms with Crippen LogP contribution in [-0.2, 0) is 4.79 Å². The molecule has 0 saturated carbocycles. The molecule has 1 aromatic heterocycles. The van der Waals surface area contributed by atoms with Crippen LogP contribution in [0.5, 0.6) is 0 Å². The van der Waals surface area contributed by atoms with Gasteiger partial charge < -0.3 is 5.11 Å². The summed E-state index contributed by atoms with van der Waals surface area (Å²) in [6, 6.07) is 3.41. The first-order valence-electron chi connectivity index (χ1n) is 2.98. The van der Waals surface area contributed by atoms with Crippen molar-refractivity contribution < 1.29 is 9.90 Å². The monoisotopic (exact) mass is 215 g/mol. The summed E-state index contributed by atoms with van der Waals surface area (Å²) in [5.74, 6) is -0.905. The van der Waals surface area contributed by atoms with Crippen LogP contribution >= 0.6 is 15.9 Å². The zero-order valence-corrected chi connectivity index (χ0v) is 7.15. The van der Waals surface area contributed by atoms with Crippen molar-refractivity contribution in [2.24, 2.45) is 0 Å². The molecule has 58 valence electrons. The van der Waals surface area contributed by atoms with E-state index >= 15 is 0 Å². The second kappa shape index (κ2) is 3.48. The molecular weight excluding hydrogens is 210 g/mol. The molecule has 0 bridgehead atoms. The quantitative estimate of drug-likeness (QED) is 0.763. The predicted octanol–water partition coefficient (Wildman–Crippen LogP) is 1.60. The molecule has 0 aromatic carbocycles. The van der Waals surface area contributed by atoms with E-state index in [1.807, 2.05) is 0 Å². The molecule has 1 N–H and O–H groups in total. The normalized spacial score (nSPS) is 12.5. The summed E-state index contributed by atoms with van der Waals surface area (Å²) < 4.78 is 0. The minimum atomic E-state index is -0.905. The van der Waals surface area contributed by atoms with E-state index < -0.39 is 10.8 Å². The summed E-state index contributed by atoms with van der Waals surface area (Å²) in [6.45, 7) is 0. The zero-order chi connectivity index (χ0) is 8.27. The molecular formula is C7H6BrNO2. The Morgan fingerprint density at radius 3 is 2.91 bits per heavy atom. The van der Waals surface area contributed by atoms with Crippen molar-refractivity contribution >= 4 is 21.9 Å². The zero-order valence-electron chi connectivity index (χ0n) is 5.57. The van der Waals surface area contributed by atoms with Crippen LogP contribution in [0, 0.1) is 0 Å². The predicted molar refractivity (Wildman–Crippen MR) is 43.5 cm³/mol. The highest BCUT2D eigenvalue weighted by molar-refractivity contribution is 9.09. The minimum Gasteiger partial charge on any atom is -0.480 e. The molecule has 3 nitrogen and oxygen atoms in total. The van der Waals surface area contributed by atoms with Crippen molar-refractivity contribution in [1.82, 2.24) is 4.98 Å². The molecule has 1 heterocycles. The van der Waals surface area contributed by atoms with Gasteiger partial charge >= 0.3 is 5.97 Å². The number of nitrogens with zero attached hydrogens (tertiary/aromatic N) is 1. The number of rotatable bonds is 2. The Hall–Kier alpha value is -0.900. The van der Waals surface area contributed by atoms with Crippen LogP contribution in [0.1, 0.15) is 10.4 Å². The molecule has 0 aliphatic heterocycles. The van der Waals surface area contributed by atoms with Gasteiger partial charge in [-0.05, 0) is 11.6 Å². The number of carboxylic acids is 1. The Kier molecular flexibility index (Phi) is 2.59. The fourth-order valence-corrected chi connectivity index (χ4v) is 0.939. The fraction of sp³-hybridized carbons (Fsp3) is 0.143. The maximum Gasteiger partial charge on any atom is 0.321 e. The molecule has 0 radical (unpaired) electrons. The van der Waals surface area contributed by atoms with Gasteiger partial charge in [-0.1, -0.05) is 22.0 Å². The number of hydrogen-bond donors (Lipinski definition) is 1. The highest BCUT2D eigenvalue weighted by atomic mass is 79.9. The molecule has 4 heteroatoms. The standard InChI is InChI=1S/C7H6BrNO2/c8-6(7(10)11)5-2-1-3-9-4-5/h1-4,6H,(H,10,11)/t6-/m1/s1. The topological polar surface area (TPSA) is 50.2 Å². The van der Waals surface area contributed by atoms with Gasteiger partial charge in [0.15, 0.2) is 0 Å². The Morgan fingerprint density at radius 1 is 1.73 bits per heavy atom. The van der Waals surface area contributed by atoms with Gasteiger partial charge in [-0.15, -0.1) is 0 Å². The van der Waals surface area contributed by atoms with Crippen molar-refractivity contribution in [2.75, 3.05) is 0 Å². The molecule has 0 saturated heterocycles. The van der Waals surface area contributed by atoms with E-state index in [0.29, 0.717) is 5.56 Å². The summed E-state index contributed by atoms with van der Waals surface area (Å²) in [7, 11) is 0. The first kappa shape index (κ1) is 8.20. The van der Waals surface area contributed by atoms with Crippen molar-refractivity contribution in [3.8, 4) is 0 Å². The van der Waals surface area contributed by atoms with Crippen LogP contribution in [0.25, 0.3) is 0 Å². The van der Waals surface area contributed by atoms with E-state index in [2.05, 4.69) is 20.9 Å². The molecule has 0 unspecified atom stereocenters. The largest absolute Gasteiger partial charge is 0.480 e. The fourth-order valence-electron chi connectivity index (χ4n) is 0.668. The van der Waals surface area contributed by atoms with Gasteiger partial charge in [0, 0.05) is 12.4 Å². The van der Waals surface area contributed by atoms with E-state index in [-0.39, 0.29) is 0 Å². The molecule has 1 atom stereocenters. The van der Waals surface area contributed by atoms with Gasteiger partial charge in [0.25, 0.3) is 0 Å². The number of pyridine rings is 1. The van der Waals surface area contributed by atoms with Crippen molar-refractivity contribution in [3.05, 3.63) is 30.1 Å². The minimum absolute atomic E-state index is 0.653. The molecule has 0 spiro atoms. The molecule has 0 aliphatic rings. The summed E-state index contributed by atoms with van der Waals surface area (Å²) >= 11 is 3.01. The summed E-state index contributed by atoms with van der Waals surface area (Å²) in [5.41, 5.74) is 0.653. The van der Waals surface area contributed by atoms with Crippen molar-refractivity contribution in [3.63, 3.8) is 0 Å². The van der Waals surface area contributed by atoms with E-state index in [1.54, 1.807) is 18.3 Å². The number of aliphatic carboxylic acids is 1. The van der Waals surface area contributed by atoms with E-state index in [4.69, 9.17) is 5.11 Å². The maximum atomic E-state index is 10.4. The molecule has 1 aromatic rings. The number of alkyl halides is 1. The number of halogens is 1. The van der Waals surface area contributed by atoms with Crippen LogP contribution < -0.4 is 0 Å².